The van der Waals surface area contributed by atoms with Crippen LogP contribution in [0.4, 0.5) is 10.5 Å². The van der Waals surface area contributed by atoms with E-state index in [1.54, 1.807) is 9.80 Å². The molecule has 34 heavy (non-hydrogen) atoms. The monoisotopic (exact) mass is 467 g/mol. The van der Waals surface area contributed by atoms with Crippen molar-refractivity contribution in [1.82, 2.24) is 9.80 Å². The summed E-state index contributed by atoms with van der Waals surface area (Å²) in [6, 6.07) is 17.5. The fraction of sp³-hybridized carbons (Fsp3) is 0.481. The van der Waals surface area contributed by atoms with Crippen molar-refractivity contribution in [3.8, 4) is 11.1 Å². The normalized spacial score (nSPS) is 14.6. The second-order valence-corrected chi connectivity index (χ2v) is 8.96. The second-order valence-electron chi connectivity index (χ2n) is 8.96. The third-order valence-corrected chi connectivity index (χ3v) is 6.60. The van der Waals surface area contributed by atoms with Gasteiger partial charge in [0.05, 0.1) is 5.69 Å². The summed E-state index contributed by atoms with van der Waals surface area (Å²) in [4.78, 5) is 30.3. The zero-order chi connectivity index (χ0) is 24.3. The molecule has 2 aromatic rings. The van der Waals surface area contributed by atoms with Gasteiger partial charge in [0.2, 0.25) is 5.91 Å². The summed E-state index contributed by atoms with van der Waals surface area (Å²) in [7, 11) is 1.84. The summed E-state index contributed by atoms with van der Waals surface area (Å²) in [6.45, 7) is 3.25. The lowest BCUT2D eigenvalue weighted by Crippen LogP contribution is -2.48. The van der Waals surface area contributed by atoms with Crippen molar-refractivity contribution in [2.45, 2.75) is 44.6 Å². The van der Waals surface area contributed by atoms with Crippen molar-refractivity contribution >= 4 is 17.7 Å². The average Bonchev–Trinajstić information content (AvgIpc) is 2.86. The third-order valence-electron chi connectivity index (χ3n) is 6.60. The maximum atomic E-state index is 12.3. The van der Waals surface area contributed by atoms with E-state index in [2.05, 4.69) is 4.90 Å². The first-order valence-corrected chi connectivity index (χ1v) is 12.2. The number of hydrogen-bond acceptors (Lipinski definition) is 4. The van der Waals surface area contributed by atoms with Gasteiger partial charge in [-0.1, -0.05) is 55.0 Å². The fourth-order valence-electron chi connectivity index (χ4n) is 4.57. The molecule has 0 radical (unpaired) electrons. The molecule has 7 nitrogen and oxygen atoms in total. The molecular formula is C27H37N3O4. The SMILES string of the molecule is CN(CCN1CCC(N(C(=O)O)c2ccccc2-c2ccccc2)CC1)C(=O)CCCCCO. The lowest BCUT2D eigenvalue weighted by molar-refractivity contribution is -0.130. The van der Waals surface area contributed by atoms with Gasteiger partial charge < -0.3 is 20.0 Å². The number of carbonyl (C=O) groups excluding carboxylic acids is 1. The molecule has 2 N–H and O–H groups in total. The minimum atomic E-state index is -0.923. The lowest BCUT2D eigenvalue weighted by Gasteiger charge is -2.38. The van der Waals surface area contributed by atoms with E-state index in [-0.39, 0.29) is 18.6 Å². The number of likely N-dealkylation sites (N-methyl/N-ethyl adjacent to an activating group) is 1. The van der Waals surface area contributed by atoms with Crippen LogP contribution in [-0.4, -0.2) is 77.9 Å². The summed E-state index contributed by atoms with van der Waals surface area (Å²) in [5.74, 6) is 0.141. The molecule has 0 atom stereocenters. The topological polar surface area (TPSA) is 84.3 Å². The van der Waals surface area contributed by atoms with Crippen molar-refractivity contribution in [2.24, 2.45) is 0 Å². The summed E-state index contributed by atoms with van der Waals surface area (Å²) in [5, 5.41) is 19.0. The van der Waals surface area contributed by atoms with Gasteiger partial charge in [-0.15, -0.1) is 0 Å². The first kappa shape index (κ1) is 25.7. The standard InChI is InChI=1S/C27H37N3O4/c1-28(26(32)14-6-3-9-21-31)19-20-29-17-15-23(16-18-29)30(27(33)34)25-13-8-7-12-24(25)22-10-4-2-5-11-22/h2,4-5,7-8,10-13,23,31H,3,6,9,14-21H2,1H3,(H,33,34). The van der Waals surface area contributed by atoms with Crippen LogP contribution in [0.2, 0.25) is 0 Å². The van der Waals surface area contributed by atoms with E-state index < -0.39 is 6.09 Å². The number of unbranched alkanes of at least 4 members (excludes halogenated alkanes) is 2. The number of carboxylic acid groups (broad SMARTS) is 1. The Kier molecular flexibility index (Phi) is 9.91. The van der Waals surface area contributed by atoms with E-state index >= 15 is 0 Å². The third kappa shape index (κ3) is 7.05. The van der Waals surface area contributed by atoms with E-state index in [1.807, 2.05) is 61.6 Å². The molecule has 0 saturated carbocycles. The van der Waals surface area contributed by atoms with Crippen LogP contribution >= 0.6 is 0 Å². The summed E-state index contributed by atoms with van der Waals surface area (Å²) in [5.41, 5.74) is 2.66. The minimum absolute atomic E-state index is 0.0792. The summed E-state index contributed by atoms with van der Waals surface area (Å²) < 4.78 is 0. The summed E-state index contributed by atoms with van der Waals surface area (Å²) >= 11 is 0. The van der Waals surface area contributed by atoms with E-state index in [9.17, 15) is 14.7 Å². The van der Waals surface area contributed by atoms with E-state index in [0.29, 0.717) is 13.0 Å². The Balaban J connectivity index is 1.56. The van der Waals surface area contributed by atoms with Crippen molar-refractivity contribution in [2.75, 3.05) is 44.7 Å². The maximum absolute atomic E-state index is 12.3. The molecule has 1 heterocycles. The molecular weight excluding hydrogens is 430 g/mol. The Bertz CT molecular complexity index is 913. The van der Waals surface area contributed by atoms with Gasteiger partial charge in [0, 0.05) is 57.9 Å². The van der Waals surface area contributed by atoms with Crippen LogP contribution in [0, 0.1) is 0 Å². The zero-order valence-electron chi connectivity index (χ0n) is 20.1. The highest BCUT2D eigenvalue weighted by molar-refractivity contribution is 5.93. The van der Waals surface area contributed by atoms with Gasteiger partial charge in [-0.25, -0.2) is 4.79 Å². The Morgan fingerprint density at radius 2 is 1.65 bits per heavy atom. The molecule has 2 amide bonds. The fourth-order valence-corrected chi connectivity index (χ4v) is 4.57. The van der Waals surface area contributed by atoms with Gasteiger partial charge in [0.15, 0.2) is 0 Å². The molecule has 1 aliphatic heterocycles. The van der Waals surface area contributed by atoms with Crippen LogP contribution in [0.15, 0.2) is 54.6 Å². The number of benzene rings is 2. The molecule has 1 fully saturated rings. The maximum Gasteiger partial charge on any atom is 0.412 e. The van der Waals surface area contributed by atoms with Crippen LogP contribution in [0.1, 0.15) is 38.5 Å². The number of rotatable bonds is 11. The first-order valence-electron chi connectivity index (χ1n) is 12.2. The minimum Gasteiger partial charge on any atom is -0.465 e. The predicted octanol–water partition coefficient (Wildman–Crippen LogP) is 4.31. The van der Waals surface area contributed by atoms with E-state index in [4.69, 9.17) is 5.11 Å². The smallest absolute Gasteiger partial charge is 0.412 e. The largest absolute Gasteiger partial charge is 0.465 e. The molecule has 3 rings (SSSR count). The molecule has 1 aliphatic rings. The number of aliphatic hydroxyl groups is 1. The van der Waals surface area contributed by atoms with Crippen LogP contribution in [0.3, 0.4) is 0 Å². The molecule has 7 heteroatoms. The van der Waals surface area contributed by atoms with Gasteiger partial charge in [0.25, 0.3) is 0 Å². The van der Waals surface area contributed by atoms with Gasteiger partial charge in [-0.3, -0.25) is 9.69 Å². The number of amides is 2. The van der Waals surface area contributed by atoms with Crippen LogP contribution < -0.4 is 4.90 Å². The molecule has 0 bridgehead atoms. The lowest BCUT2D eigenvalue weighted by atomic mass is 9.98. The van der Waals surface area contributed by atoms with Gasteiger partial charge >= 0.3 is 6.09 Å². The van der Waals surface area contributed by atoms with Crippen LogP contribution in [0.25, 0.3) is 11.1 Å². The molecule has 0 aliphatic carbocycles. The highest BCUT2D eigenvalue weighted by atomic mass is 16.4. The molecule has 0 spiro atoms. The van der Waals surface area contributed by atoms with Crippen LogP contribution in [-0.2, 0) is 4.79 Å². The Hall–Kier alpha value is -2.90. The highest BCUT2D eigenvalue weighted by Crippen LogP contribution is 2.34. The van der Waals surface area contributed by atoms with E-state index in [0.717, 1.165) is 68.6 Å². The number of likely N-dealkylation sites (tertiary alicyclic amines) is 1. The number of para-hydroxylation sites is 1. The number of nitrogens with zero attached hydrogens (tertiary/aromatic N) is 3. The van der Waals surface area contributed by atoms with Crippen molar-refractivity contribution in [3.63, 3.8) is 0 Å². The Labute approximate surface area is 202 Å². The molecule has 0 unspecified atom stereocenters. The highest BCUT2D eigenvalue weighted by Gasteiger charge is 2.30. The van der Waals surface area contributed by atoms with Gasteiger partial charge in [-0.2, -0.15) is 0 Å². The average molecular weight is 468 g/mol. The number of anilines is 1. The quantitative estimate of drug-likeness (QED) is 0.481. The number of carbonyl (C=O) groups is 2. The van der Waals surface area contributed by atoms with Gasteiger partial charge in [-0.05, 0) is 37.3 Å². The predicted molar refractivity (Wildman–Crippen MR) is 135 cm³/mol. The van der Waals surface area contributed by atoms with E-state index in [1.165, 1.54) is 0 Å². The molecule has 184 valence electrons. The Morgan fingerprint density at radius 3 is 2.32 bits per heavy atom. The first-order chi connectivity index (χ1) is 16.5. The number of hydrogen-bond donors (Lipinski definition) is 2. The van der Waals surface area contributed by atoms with Crippen LogP contribution in [0.5, 0.6) is 0 Å². The van der Waals surface area contributed by atoms with Crippen molar-refractivity contribution < 1.29 is 19.8 Å². The molecule has 1 saturated heterocycles. The molecule has 2 aromatic carbocycles. The Morgan fingerprint density at radius 1 is 0.971 bits per heavy atom. The second kappa shape index (κ2) is 13.1. The van der Waals surface area contributed by atoms with Gasteiger partial charge in [0.1, 0.15) is 0 Å². The zero-order valence-corrected chi connectivity index (χ0v) is 20.1. The van der Waals surface area contributed by atoms with Crippen molar-refractivity contribution in [3.05, 3.63) is 54.6 Å². The number of aliphatic hydroxyl groups excluding tert-OH is 1. The molecule has 0 aromatic heterocycles. The van der Waals surface area contributed by atoms with Crippen molar-refractivity contribution in [1.29, 1.82) is 0 Å². The summed E-state index contributed by atoms with van der Waals surface area (Å²) in [6.07, 6.45) is 3.54. The number of piperidine rings is 1.